The first-order chi connectivity index (χ1) is 2.84. The molecule has 1 aliphatic rings. The first-order valence-electron chi connectivity index (χ1n) is 2.21. The van der Waals surface area contributed by atoms with Gasteiger partial charge >= 0.3 is 0 Å². The van der Waals surface area contributed by atoms with Gasteiger partial charge in [0.1, 0.15) is 0 Å². The Kier molecular flexibility index (Phi) is 0.597. The van der Waals surface area contributed by atoms with E-state index in [1.807, 2.05) is 0 Å². The van der Waals surface area contributed by atoms with Crippen LogP contribution in [0.25, 0.3) is 4.85 Å². The minimum Gasteiger partial charge on any atom is -0.313 e. The summed E-state index contributed by atoms with van der Waals surface area (Å²) in [4.78, 5) is 3.33. The van der Waals surface area contributed by atoms with Crippen LogP contribution in [0.3, 0.4) is 0 Å². The highest BCUT2D eigenvalue weighted by Gasteiger charge is 2.39. The molecular formula is C5H7N. The second kappa shape index (κ2) is 0.975. The van der Waals surface area contributed by atoms with Gasteiger partial charge in [-0.3, -0.25) is 0 Å². The third kappa shape index (κ3) is 0.386. The van der Waals surface area contributed by atoms with Crippen LogP contribution in [0.5, 0.6) is 0 Å². The monoisotopic (exact) mass is 81.1 g/mol. The van der Waals surface area contributed by atoms with E-state index in [0.717, 1.165) is 6.42 Å². The molecule has 0 N–H and O–H groups in total. The summed E-state index contributed by atoms with van der Waals surface area (Å²) in [5.74, 6) is 0.711. The molecule has 0 unspecified atom stereocenters. The molecular weight excluding hydrogens is 74.1 g/mol. The first kappa shape index (κ1) is 3.67. The molecule has 1 aliphatic carbocycles. The Morgan fingerprint density at radius 1 is 1.83 bits per heavy atom. The summed E-state index contributed by atoms with van der Waals surface area (Å²) >= 11 is 0. The molecule has 0 amide bonds. The Hall–Kier alpha value is -0.510. The molecule has 1 fully saturated rings. The van der Waals surface area contributed by atoms with Crippen molar-refractivity contribution in [3.05, 3.63) is 11.4 Å². The predicted octanol–water partition coefficient (Wildman–Crippen LogP) is 1.31. The van der Waals surface area contributed by atoms with Crippen molar-refractivity contribution in [2.24, 2.45) is 5.92 Å². The third-order valence-corrected chi connectivity index (χ3v) is 1.23. The van der Waals surface area contributed by atoms with Gasteiger partial charge in [-0.2, -0.15) is 0 Å². The number of rotatable bonds is 0. The van der Waals surface area contributed by atoms with Crippen LogP contribution in [0.2, 0.25) is 0 Å². The molecule has 1 nitrogen and oxygen atoms in total. The van der Waals surface area contributed by atoms with Gasteiger partial charge in [-0.1, -0.05) is 6.92 Å². The van der Waals surface area contributed by atoms with Crippen molar-refractivity contribution in [1.82, 2.24) is 0 Å². The lowest BCUT2D eigenvalue weighted by Crippen LogP contribution is -1.67. The molecule has 0 radical (unpaired) electrons. The lowest BCUT2D eigenvalue weighted by atomic mass is 10.5. The van der Waals surface area contributed by atoms with E-state index in [1.54, 1.807) is 0 Å². The maximum absolute atomic E-state index is 6.48. The van der Waals surface area contributed by atoms with E-state index in [-0.39, 0.29) is 0 Å². The predicted molar refractivity (Wildman–Crippen MR) is 24.2 cm³/mol. The van der Waals surface area contributed by atoms with Crippen molar-refractivity contribution in [2.45, 2.75) is 19.4 Å². The Morgan fingerprint density at radius 3 is 2.33 bits per heavy atom. The van der Waals surface area contributed by atoms with Gasteiger partial charge in [0, 0.05) is 12.3 Å². The van der Waals surface area contributed by atoms with Crippen LogP contribution >= 0.6 is 0 Å². The molecule has 1 saturated carbocycles. The van der Waals surface area contributed by atoms with Gasteiger partial charge in [0.05, 0.1) is 0 Å². The second-order valence-corrected chi connectivity index (χ2v) is 1.91. The maximum Gasteiger partial charge on any atom is 0.227 e. The molecule has 1 heteroatoms. The van der Waals surface area contributed by atoms with E-state index >= 15 is 0 Å². The average molecular weight is 81.1 g/mol. The molecule has 6 heavy (non-hydrogen) atoms. The summed E-state index contributed by atoms with van der Waals surface area (Å²) in [6.07, 6.45) is 1.14. The summed E-state index contributed by atoms with van der Waals surface area (Å²) in [6.45, 7) is 8.59. The average Bonchev–Trinajstić information content (AvgIpc) is 2.19. The van der Waals surface area contributed by atoms with Crippen LogP contribution in [0.1, 0.15) is 13.3 Å². The number of nitrogens with zero attached hydrogens (tertiary/aromatic N) is 1. The van der Waals surface area contributed by atoms with Gasteiger partial charge in [-0.05, 0) is 0 Å². The summed E-state index contributed by atoms with van der Waals surface area (Å²) in [6, 6.07) is 0.394. The van der Waals surface area contributed by atoms with Crippen LogP contribution in [0.15, 0.2) is 0 Å². The topological polar surface area (TPSA) is 4.36 Å². The first-order valence-corrected chi connectivity index (χ1v) is 2.21. The summed E-state index contributed by atoms with van der Waals surface area (Å²) < 4.78 is 0. The van der Waals surface area contributed by atoms with Gasteiger partial charge in [0.15, 0.2) is 0 Å². The smallest absolute Gasteiger partial charge is 0.227 e. The van der Waals surface area contributed by atoms with Crippen molar-refractivity contribution >= 4 is 0 Å². The molecule has 0 heterocycles. The highest BCUT2D eigenvalue weighted by molar-refractivity contribution is 4.98. The summed E-state index contributed by atoms with van der Waals surface area (Å²) in [5.41, 5.74) is 0. The molecule has 32 valence electrons. The standard InChI is InChI=1S/C5H7N/c1-4-3-5(4)6-2/h4-5H,3H2,1H3/t4-,5+/m0/s1. The van der Waals surface area contributed by atoms with Crippen LogP contribution < -0.4 is 0 Å². The molecule has 0 aromatic carbocycles. The molecule has 0 spiro atoms. The zero-order valence-corrected chi connectivity index (χ0v) is 3.81. The summed E-state index contributed by atoms with van der Waals surface area (Å²) in [5, 5.41) is 0. The van der Waals surface area contributed by atoms with Crippen molar-refractivity contribution < 1.29 is 0 Å². The number of hydrogen-bond acceptors (Lipinski definition) is 0. The fourth-order valence-corrected chi connectivity index (χ4v) is 0.482. The van der Waals surface area contributed by atoms with Crippen LogP contribution in [0.4, 0.5) is 0 Å². The van der Waals surface area contributed by atoms with E-state index in [0.29, 0.717) is 12.0 Å². The van der Waals surface area contributed by atoms with Gasteiger partial charge in [0.2, 0.25) is 6.04 Å². The minimum atomic E-state index is 0.394. The van der Waals surface area contributed by atoms with Crippen molar-refractivity contribution in [3.63, 3.8) is 0 Å². The zero-order chi connectivity index (χ0) is 4.57. The second-order valence-electron chi connectivity index (χ2n) is 1.91. The van der Waals surface area contributed by atoms with Gasteiger partial charge in [-0.15, -0.1) is 0 Å². The fourth-order valence-electron chi connectivity index (χ4n) is 0.482. The van der Waals surface area contributed by atoms with E-state index in [9.17, 15) is 0 Å². The molecule has 0 aliphatic heterocycles. The van der Waals surface area contributed by atoms with E-state index in [4.69, 9.17) is 6.57 Å². The Morgan fingerprint density at radius 2 is 2.33 bits per heavy atom. The SMILES string of the molecule is [C-]#[N+][C@@H]1C[C@@H]1C. The van der Waals surface area contributed by atoms with Gasteiger partial charge in [0.25, 0.3) is 0 Å². The minimum absolute atomic E-state index is 0.394. The summed E-state index contributed by atoms with van der Waals surface area (Å²) in [7, 11) is 0. The normalized spacial score (nSPS) is 41.3. The molecule has 0 bridgehead atoms. The highest BCUT2D eigenvalue weighted by atomic mass is 14.8. The fraction of sp³-hybridized carbons (Fsp3) is 0.800. The maximum atomic E-state index is 6.48. The quantitative estimate of drug-likeness (QED) is 0.387. The zero-order valence-electron chi connectivity index (χ0n) is 3.81. The van der Waals surface area contributed by atoms with Crippen molar-refractivity contribution in [1.29, 1.82) is 0 Å². The van der Waals surface area contributed by atoms with Crippen molar-refractivity contribution in [2.75, 3.05) is 0 Å². The van der Waals surface area contributed by atoms with Gasteiger partial charge < -0.3 is 4.85 Å². The Balaban J connectivity index is 2.31. The Labute approximate surface area is 37.8 Å². The molecule has 2 atom stereocenters. The molecule has 1 rings (SSSR count). The largest absolute Gasteiger partial charge is 0.313 e. The molecule has 0 saturated heterocycles. The Bertz CT molecular complexity index is 90.6. The third-order valence-electron chi connectivity index (χ3n) is 1.23. The lowest BCUT2D eigenvalue weighted by molar-refractivity contribution is 0.958. The van der Waals surface area contributed by atoms with E-state index in [1.165, 1.54) is 0 Å². The van der Waals surface area contributed by atoms with Crippen LogP contribution in [-0.4, -0.2) is 6.04 Å². The lowest BCUT2D eigenvalue weighted by Gasteiger charge is -1.64. The van der Waals surface area contributed by atoms with Crippen LogP contribution in [0, 0.1) is 12.5 Å². The van der Waals surface area contributed by atoms with E-state index in [2.05, 4.69) is 11.8 Å². The van der Waals surface area contributed by atoms with Crippen LogP contribution in [-0.2, 0) is 0 Å². The number of hydrogen-bond donors (Lipinski definition) is 0. The van der Waals surface area contributed by atoms with Gasteiger partial charge in [-0.25, -0.2) is 6.57 Å². The van der Waals surface area contributed by atoms with E-state index < -0.39 is 0 Å². The molecule has 0 aromatic heterocycles. The van der Waals surface area contributed by atoms with Crippen molar-refractivity contribution in [3.8, 4) is 0 Å². The molecule has 0 aromatic rings. The highest BCUT2D eigenvalue weighted by Crippen LogP contribution is 2.32.